The first-order valence-electron chi connectivity index (χ1n) is 5.33. The Morgan fingerprint density at radius 2 is 1.94 bits per heavy atom. The molecule has 0 aliphatic rings. The Morgan fingerprint density at radius 3 is 2.33 bits per heavy atom. The minimum absolute atomic E-state index is 0.0325. The van der Waals surface area contributed by atoms with Crippen molar-refractivity contribution in [2.24, 2.45) is 0 Å². The van der Waals surface area contributed by atoms with Crippen molar-refractivity contribution in [3.05, 3.63) is 35.1 Å². The van der Waals surface area contributed by atoms with E-state index in [1.165, 1.54) is 0 Å². The van der Waals surface area contributed by atoms with Crippen molar-refractivity contribution < 1.29 is 22.4 Å². The third-order valence-electron chi connectivity index (χ3n) is 2.98. The molecular weight excluding hydrogens is 250 g/mol. The monoisotopic (exact) mass is 263 g/mol. The van der Waals surface area contributed by atoms with Crippen LogP contribution in [0.25, 0.3) is 0 Å². The van der Waals surface area contributed by atoms with Crippen LogP contribution in [0.3, 0.4) is 0 Å². The van der Waals surface area contributed by atoms with Crippen LogP contribution >= 0.6 is 0 Å². The molecule has 1 N–H and O–H groups in total. The summed E-state index contributed by atoms with van der Waals surface area (Å²) in [5, 5.41) is 2.42. The zero-order valence-corrected chi connectivity index (χ0v) is 9.94. The Bertz CT molecular complexity index is 444. The van der Waals surface area contributed by atoms with Crippen LogP contribution in [-0.2, 0) is 16.5 Å². The lowest BCUT2D eigenvalue weighted by molar-refractivity contribution is -0.137. The smallest absolute Gasteiger partial charge is 0.349 e. The lowest BCUT2D eigenvalue weighted by atomic mass is 9.88. The summed E-state index contributed by atoms with van der Waals surface area (Å²) < 4.78 is 50.9. The van der Waals surface area contributed by atoms with Crippen LogP contribution in [0.15, 0.2) is 18.2 Å². The Kier molecular flexibility index (Phi) is 3.98. The highest BCUT2D eigenvalue weighted by atomic mass is 19.4. The first-order valence-corrected chi connectivity index (χ1v) is 5.33. The van der Waals surface area contributed by atoms with Gasteiger partial charge in [-0.25, -0.2) is 4.39 Å². The molecule has 1 rings (SSSR count). The number of nitrogens with one attached hydrogen (secondary N) is 1. The molecule has 0 saturated heterocycles. The summed E-state index contributed by atoms with van der Waals surface area (Å²) >= 11 is 0. The highest BCUT2D eigenvalue weighted by Crippen LogP contribution is 2.33. The summed E-state index contributed by atoms with van der Waals surface area (Å²) in [7, 11) is 0. The number of amides is 1. The van der Waals surface area contributed by atoms with E-state index in [0.717, 1.165) is 12.1 Å². The van der Waals surface area contributed by atoms with Gasteiger partial charge in [0.2, 0.25) is 6.41 Å². The molecule has 0 bridgehead atoms. The summed E-state index contributed by atoms with van der Waals surface area (Å²) in [6.07, 6.45) is -3.82. The maximum atomic E-state index is 13.7. The van der Waals surface area contributed by atoms with Crippen LogP contribution in [-0.4, -0.2) is 6.41 Å². The van der Waals surface area contributed by atoms with Gasteiger partial charge in [0.25, 0.3) is 0 Å². The summed E-state index contributed by atoms with van der Waals surface area (Å²) in [5.74, 6) is -0.983. The van der Waals surface area contributed by atoms with E-state index in [0.29, 0.717) is 18.9 Å². The maximum absolute atomic E-state index is 13.7. The maximum Gasteiger partial charge on any atom is 0.416 e. The number of alkyl halides is 3. The molecule has 1 unspecified atom stereocenters. The number of hydrogen-bond acceptors (Lipinski definition) is 1. The van der Waals surface area contributed by atoms with E-state index in [1.807, 2.05) is 0 Å². The fourth-order valence-electron chi connectivity index (χ4n) is 1.64. The summed E-state index contributed by atoms with van der Waals surface area (Å²) in [5.41, 5.74) is -2.03. The molecule has 100 valence electrons. The fraction of sp³-hybridized carbons (Fsp3) is 0.417. The van der Waals surface area contributed by atoms with Gasteiger partial charge in [-0.2, -0.15) is 13.2 Å². The molecule has 0 saturated carbocycles. The molecule has 6 heteroatoms. The van der Waals surface area contributed by atoms with Crippen LogP contribution in [0.2, 0.25) is 0 Å². The van der Waals surface area contributed by atoms with E-state index in [4.69, 9.17) is 0 Å². The second kappa shape index (κ2) is 4.96. The van der Waals surface area contributed by atoms with Gasteiger partial charge in [-0.05, 0) is 25.5 Å². The lowest BCUT2D eigenvalue weighted by Crippen LogP contribution is -2.38. The van der Waals surface area contributed by atoms with Crippen molar-refractivity contribution in [3.8, 4) is 0 Å². The van der Waals surface area contributed by atoms with Gasteiger partial charge in [-0.15, -0.1) is 0 Å². The molecule has 0 aromatic heterocycles. The van der Waals surface area contributed by atoms with Gasteiger partial charge in [0.15, 0.2) is 0 Å². The molecule has 1 atom stereocenters. The molecule has 0 aliphatic heterocycles. The molecule has 1 aromatic carbocycles. The highest BCUT2D eigenvalue weighted by molar-refractivity contribution is 5.49. The van der Waals surface area contributed by atoms with Gasteiger partial charge in [0.05, 0.1) is 11.1 Å². The average molecular weight is 263 g/mol. The second-order valence-corrected chi connectivity index (χ2v) is 4.14. The third-order valence-corrected chi connectivity index (χ3v) is 2.98. The highest BCUT2D eigenvalue weighted by Gasteiger charge is 2.33. The molecular formula is C12H13F4NO. The Morgan fingerprint density at radius 1 is 1.33 bits per heavy atom. The second-order valence-electron chi connectivity index (χ2n) is 4.14. The zero-order valence-electron chi connectivity index (χ0n) is 9.94. The van der Waals surface area contributed by atoms with Gasteiger partial charge in [0, 0.05) is 5.56 Å². The van der Waals surface area contributed by atoms with Gasteiger partial charge in [0.1, 0.15) is 5.82 Å². The zero-order chi connectivity index (χ0) is 14.0. The van der Waals surface area contributed by atoms with E-state index in [1.54, 1.807) is 13.8 Å². The van der Waals surface area contributed by atoms with E-state index in [2.05, 4.69) is 5.32 Å². The normalized spacial score (nSPS) is 15.0. The predicted molar refractivity (Wildman–Crippen MR) is 58.2 cm³/mol. The predicted octanol–water partition coefficient (Wildman–Crippen LogP) is 3.22. The van der Waals surface area contributed by atoms with Crippen LogP contribution in [0.5, 0.6) is 0 Å². The molecule has 0 radical (unpaired) electrons. The van der Waals surface area contributed by atoms with Crippen molar-refractivity contribution in [1.29, 1.82) is 0 Å². The number of benzene rings is 1. The summed E-state index contributed by atoms with van der Waals surface area (Å²) in [4.78, 5) is 10.5. The minimum atomic E-state index is -4.58. The first-order chi connectivity index (χ1) is 8.24. The minimum Gasteiger partial charge on any atom is -0.349 e. The van der Waals surface area contributed by atoms with Gasteiger partial charge >= 0.3 is 6.18 Å². The van der Waals surface area contributed by atoms with E-state index in [9.17, 15) is 22.4 Å². The molecule has 0 fully saturated rings. The fourth-order valence-corrected chi connectivity index (χ4v) is 1.64. The standard InChI is InChI=1S/C12H13F4NO/c1-3-11(2,17-7-18)9-5-4-8(6-10(9)13)12(14,15)16/h4-7H,3H2,1-2H3,(H,17,18). The van der Waals surface area contributed by atoms with Crippen molar-refractivity contribution in [3.63, 3.8) is 0 Å². The van der Waals surface area contributed by atoms with E-state index >= 15 is 0 Å². The number of hydrogen-bond donors (Lipinski definition) is 1. The summed E-state index contributed by atoms with van der Waals surface area (Å²) in [6.45, 7) is 3.25. The largest absolute Gasteiger partial charge is 0.416 e. The van der Waals surface area contributed by atoms with Gasteiger partial charge in [-0.1, -0.05) is 13.0 Å². The van der Waals surface area contributed by atoms with Crippen molar-refractivity contribution in [2.75, 3.05) is 0 Å². The Labute approximate surface area is 102 Å². The summed E-state index contributed by atoms with van der Waals surface area (Å²) in [6, 6.07) is 2.30. The Hall–Kier alpha value is -1.59. The first kappa shape index (κ1) is 14.5. The molecule has 0 aliphatic carbocycles. The topological polar surface area (TPSA) is 29.1 Å². The SMILES string of the molecule is CCC(C)(NC=O)c1ccc(C(F)(F)F)cc1F. The van der Waals surface area contributed by atoms with E-state index in [-0.39, 0.29) is 5.56 Å². The van der Waals surface area contributed by atoms with Crippen LogP contribution in [0.4, 0.5) is 17.6 Å². The lowest BCUT2D eigenvalue weighted by Gasteiger charge is -2.28. The average Bonchev–Trinajstić information content (AvgIpc) is 2.27. The Balaban J connectivity index is 3.24. The molecule has 2 nitrogen and oxygen atoms in total. The number of carbonyl (C=O) groups is 1. The number of rotatable bonds is 4. The molecule has 18 heavy (non-hydrogen) atoms. The van der Waals surface area contributed by atoms with Crippen molar-refractivity contribution in [1.82, 2.24) is 5.32 Å². The molecule has 1 aromatic rings. The van der Waals surface area contributed by atoms with Gasteiger partial charge in [-0.3, -0.25) is 4.79 Å². The molecule has 1 amide bonds. The van der Waals surface area contributed by atoms with Crippen molar-refractivity contribution in [2.45, 2.75) is 32.0 Å². The molecule has 0 spiro atoms. The number of carbonyl (C=O) groups excluding carboxylic acids is 1. The quantitative estimate of drug-likeness (QED) is 0.656. The van der Waals surface area contributed by atoms with Crippen LogP contribution in [0.1, 0.15) is 31.4 Å². The van der Waals surface area contributed by atoms with Gasteiger partial charge < -0.3 is 5.32 Å². The van der Waals surface area contributed by atoms with Crippen molar-refractivity contribution >= 4 is 6.41 Å². The van der Waals surface area contributed by atoms with Crippen LogP contribution in [0, 0.1) is 5.82 Å². The molecule has 0 heterocycles. The third kappa shape index (κ3) is 2.80. The van der Waals surface area contributed by atoms with Crippen LogP contribution < -0.4 is 5.32 Å². The van der Waals surface area contributed by atoms with E-state index < -0.39 is 23.1 Å². The number of halogens is 4.